The Bertz CT molecular complexity index is 1220. The van der Waals surface area contributed by atoms with Gasteiger partial charge in [-0.05, 0) is 48.7 Å². The van der Waals surface area contributed by atoms with Crippen LogP contribution >= 0.6 is 23.2 Å². The summed E-state index contributed by atoms with van der Waals surface area (Å²) < 4.78 is 1.80. The quantitative estimate of drug-likeness (QED) is 0.569. The molecule has 6 nitrogen and oxygen atoms in total. The zero-order valence-corrected chi connectivity index (χ0v) is 17.7. The fourth-order valence-corrected chi connectivity index (χ4v) is 4.53. The molecule has 0 saturated heterocycles. The van der Waals surface area contributed by atoms with Crippen LogP contribution in [0.25, 0.3) is 0 Å². The summed E-state index contributed by atoms with van der Waals surface area (Å²) in [6.07, 6.45) is 2.50. The average molecular weight is 440 g/mol. The number of halogens is 2. The maximum atomic E-state index is 13.8. The number of nitrogens with one attached hydrogen (secondary N) is 1. The van der Waals surface area contributed by atoms with Crippen LogP contribution in [0.5, 0.6) is 0 Å². The van der Waals surface area contributed by atoms with Crippen molar-refractivity contribution >= 4 is 46.3 Å². The molecule has 8 heteroatoms. The molecule has 30 heavy (non-hydrogen) atoms. The van der Waals surface area contributed by atoms with Gasteiger partial charge < -0.3 is 16.0 Å². The Morgan fingerprint density at radius 1 is 1.17 bits per heavy atom. The predicted molar refractivity (Wildman–Crippen MR) is 120 cm³/mol. The molecule has 3 aromatic rings. The van der Waals surface area contributed by atoms with Crippen molar-refractivity contribution in [3.8, 4) is 0 Å². The molecule has 1 amide bonds. The summed E-state index contributed by atoms with van der Waals surface area (Å²) in [5.41, 5.74) is 10.8. The molecule has 0 spiro atoms. The van der Waals surface area contributed by atoms with E-state index in [1.807, 2.05) is 37.3 Å². The lowest BCUT2D eigenvalue weighted by Crippen LogP contribution is -2.37. The lowest BCUT2D eigenvalue weighted by molar-refractivity contribution is -0.115. The highest BCUT2D eigenvalue weighted by Crippen LogP contribution is 2.40. The lowest BCUT2D eigenvalue weighted by atomic mass is 9.94. The Kier molecular flexibility index (Phi) is 4.49. The number of hydrogen-bond acceptors (Lipinski definition) is 4. The Morgan fingerprint density at radius 2 is 2.00 bits per heavy atom. The number of aromatic nitrogens is 2. The van der Waals surface area contributed by atoms with Crippen LogP contribution in [0.3, 0.4) is 0 Å². The fraction of sp³-hybridized carbons (Fsp3) is 0.182. The van der Waals surface area contributed by atoms with Crippen LogP contribution in [0, 0.1) is 0 Å². The minimum absolute atomic E-state index is 0.0819. The zero-order chi connectivity index (χ0) is 21.0. The molecule has 0 bridgehead atoms. The first-order valence-electron chi connectivity index (χ1n) is 9.60. The molecule has 0 aliphatic carbocycles. The van der Waals surface area contributed by atoms with Gasteiger partial charge in [0.1, 0.15) is 11.9 Å². The molecular weight excluding hydrogens is 421 g/mol. The molecule has 1 aromatic heterocycles. The second kappa shape index (κ2) is 7.07. The van der Waals surface area contributed by atoms with Gasteiger partial charge in [-0.15, -0.1) is 0 Å². The molecule has 3 N–H and O–H groups in total. The first-order chi connectivity index (χ1) is 14.4. The first kappa shape index (κ1) is 19.0. The van der Waals surface area contributed by atoms with E-state index in [-0.39, 0.29) is 5.91 Å². The summed E-state index contributed by atoms with van der Waals surface area (Å²) in [5.74, 6) is 0.729. The van der Waals surface area contributed by atoms with Gasteiger partial charge in [-0.25, -0.2) is 4.68 Å². The predicted octanol–water partition coefficient (Wildman–Crippen LogP) is 4.65. The summed E-state index contributed by atoms with van der Waals surface area (Å²) >= 11 is 12.4. The zero-order valence-electron chi connectivity index (χ0n) is 16.2. The van der Waals surface area contributed by atoms with E-state index in [2.05, 4.69) is 10.4 Å². The van der Waals surface area contributed by atoms with Crippen LogP contribution in [-0.2, 0) is 11.2 Å². The first-order valence-corrected chi connectivity index (χ1v) is 10.4. The number of benzene rings is 2. The Labute approximate surface area is 183 Å². The Hall–Kier alpha value is -2.96. The highest BCUT2D eigenvalue weighted by Gasteiger charge is 2.37. The van der Waals surface area contributed by atoms with E-state index >= 15 is 0 Å². The van der Waals surface area contributed by atoms with Crippen molar-refractivity contribution in [1.82, 2.24) is 9.78 Å². The van der Waals surface area contributed by atoms with Gasteiger partial charge in [0.15, 0.2) is 0 Å². The number of anilines is 3. The molecule has 0 saturated carbocycles. The van der Waals surface area contributed by atoms with Gasteiger partial charge in [0.05, 0.1) is 21.8 Å². The fourth-order valence-electron chi connectivity index (χ4n) is 4.23. The maximum absolute atomic E-state index is 13.8. The number of nitrogen functional groups attached to an aromatic ring is 1. The topological polar surface area (TPSA) is 76.2 Å². The van der Waals surface area contributed by atoms with Gasteiger partial charge >= 0.3 is 0 Å². The largest absolute Gasteiger partial charge is 0.399 e. The summed E-state index contributed by atoms with van der Waals surface area (Å²) in [7, 11) is 0. The molecule has 0 radical (unpaired) electrons. The van der Waals surface area contributed by atoms with E-state index < -0.39 is 6.04 Å². The van der Waals surface area contributed by atoms with Gasteiger partial charge in [-0.3, -0.25) is 4.79 Å². The number of nitrogens with zero attached hydrogens (tertiary/aromatic N) is 3. The van der Waals surface area contributed by atoms with E-state index in [1.165, 1.54) is 0 Å². The van der Waals surface area contributed by atoms with E-state index in [0.29, 0.717) is 27.9 Å². The maximum Gasteiger partial charge on any atom is 0.258 e. The van der Waals surface area contributed by atoms with Gasteiger partial charge in [-0.2, -0.15) is 5.10 Å². The highest BCUT2D eigenvalue weighted by molar-refractivity contribution is 6.42. The van der Waals surface area contributed by atoms with Gasteiger partial charge in [0.25, 0.3) is 5.91 Å². The molecule has 2 aromatic carbocycles. The SMILES string of the molecule is CC1=C(C(=O)N2CCc3ccc(N)cc32)C(c2ccc(Cl)c(Cl)c2)n2nccc2N1. The van der Waals surface area contributed by atoms with E-state index in [0.717, 1.165) is 34.8 Å². The van der Waals surface area contributed by atoms with Crippen LogP contribution in [0.4, 0.5) is 17.2 Å². The van der Waals surface area contributed by atoms with Crippen molar-refractivity contribution in [2.75, 3.05) is 22.5 Å². The number of allylic oxidation sites excluding steroid dienone is 1. The van der Waals surface area contributed by atoms with E-state index in [1.54, 1.807) is 27.9 Å². The normalized spacial score (nSPS) is 17.6. The van der Waals surface area contributed by atoms with Crippen LogP contribution in [0.15, 0.2) is 59.9 Å². The standard InChI is InChI=1S/C22H19Cl2N5O/c1-12-20(22(30)28-9-7-13-2-4-15(25)11-18(13)28)21(29-19(27-12)6-8-26-29)14-3-5-16(23)17(24)10-14/h2-6,8,10-11,21,27H,7,9,25H2,1H3. The number of fused-ring (bicyclic) bond motifs is 2. The van der Waals surface area contributed by atoms with Crippen molar-refractivity contribution in [2.45, 2.75) is 19.4 Å². The molecule has 2 aliphatic heterocycles. The molecule has 152 valence electrons. The highest BCUT2D eigenvalue weighted by atomic mass is 35.5. The molecule has 2 aliphatic rings. The van der Waals surface area contributed by atoms with E-state index in [4.69, 9.17) is 28.9 Å². The van der Waals surface area contributed by atoms with Gasteiger partial charge in [-0.1, -0.05) is 35.3 Å². The van der Waals surface area contributed by atoms with Crippen molar-refractivity contribution in [1.29, 1.82) is 0 Å². The van der Waals surface area contributed by atoms with E-state index in [9.17, 15) is 4.79 Å². The van der Waals surface area contributed by atoms with Crippen LogP contribution in [0.2, 0.25) is 10.0 Å². The number of hydrogen-bond donors (Lipinski definition) is 2. The van der Waals surface area contributed by atoms with Gasteiger partial charge in [0, 0.05) is 29.7 Å². The van der Waals surface area contributed by atoms with Crippen molar-refractivity contribution < 1.29 is 4.79 Å². The third kappa shape index (κ3) is 2.95. The summed E-state index contributed by atoms with van der Waals surface area (Å²) in [5, 5.41) is 8.68. The number of amides is 1. The third-order valence-electron chi connectivity index (χ3n) is 5.65. The minimum atomic E-state index is -0.427. The lowest BCUT2D eigenvalue weighted by Gasteiger charge is -2.32. The van der Waals surface area contributed by atoms with Crippen LogP contribution in [-0.4, -0.2) is 22.2 Å². The summed E-state index contributed by atoms with van der Waals surface area (Å²) in [4.78, 5) is 15.6. The van der Waals surface area contributed by atoms with Gasteiger partial charge in [0.2, 0.25) is 0 Å². The van der Waals surface area contributed by atoms with Crippen LogP contribution < -0.4 is 16.0 Å². The van der Waals surface area contributed by atoms with Crippen molar-refractivity contribution in [3.63, 3.8) is 0 Å². The number of carbonyl (C=O) groups excluding carboxylic acids is 1. The second-order valence-electron chi connectivity index (χ2n) is 7.50. The number of nitrogens with two attached hydrogens (primary N) is 1. The molecule has 0 fully saturated rings. The summed E-state index contributed by atoms with van der Waals surface area (Å²) in [6, 6.07) is 12.6. The van der Waals surface area contributed by atoms with Crippen molar-refractivity contribution in [2.24, 2.45) is 0 Å². The summed E-state index contributed by atoms with van der Waals surface area (Å²) in [6.45, 7) is 2.51. The van der Waals surface area contributed by atoms with Crippen LogP contribution in [0.1, 0.15) is 24.1 Å². The smallest absolute Gasteiger partial charge is 0.258 e. The molecule has 5 rings (SSSR count). The molecular formula is C22H19Cl2N5O. The van der Waals surface area contributed by atoms with Crippen molar-refractivity contribution in [3.05, 3.63) is 81.1 Å². The average Bonchev–Trinajstić information content (AvgIpc) is 3.35. The molecule has 1 unspecified atom stereocenters. The number of carbonyl (C=O) groups is 1. The minimum Gasteiger partial charge on any atom is -0.399 e. The third-order valence-corrected chi connectivity index (χ3v) is 6.39. The second-order valence-corrected chi connectivity index (χ2v) is 8.31. The monoisotopic (exact) mass is 439 g/mol. The Balaban J connectivity index is 1.63. The molecule has 1 atom stereocenters. The molecule has 3 heterocycles. The Morgan fingerprint density at radius 3 is 2.80 bits per heavy atom. The number of rotatable bonds is 2.